The predicted molar refractivity (Wildman–Crippen MR) is 103 cm³/mol. The van der Waals surface area contributed by atoms with Crippen LogP contribution in [0, 0.1) is 0 Å². The Morgan fingerprint density at radius 1 is 0.778 bits per heavy atom. The SMILES string of the molecule is O=C1c2ccccc2C(=O)N1CC(O)CN1CCN(c2ccccc2)CC1. The molecule has 0 radical (unpaired) electrons. The third-order valence-corrected chi connectivity index (χ3v) is 5.23. The van der Waals surface area contributed by atoms with Gasteiger partial charge in [0.15, 0.2) is 0 Å². The summed E-state index contributed by atoms with van der Waals surface area (Å²) in [5, 5.41) is 10.5. The summed E-state index contributed by atoms with van der Waals surface area (Å²) in [7, 11) is 0. The topological polar surface area (TPSA) is 64.1 Å². The van der Waals surface area contributed by atoms with Crippen molar-refractivity contribution in [2.24, 2.45) is 0 Å². The number of piperazine rings is 1. The molecular weight excluding hydrogens is 342 g/mol. The zero-order chi connectivity index (χ0) is 18.8. The molecule has 4 rings (SSSR count). The first-order valence-corrected chi connectivity index (χ1v) is 9.29. The Labute approximate surface area is 158 Å². The van der Waals surface area contributed by atoms with E-state index in [9.17, 15) is 14.7 Å². The zero-order valence-electron chi connectivity index (χ0n) is 15.1. The molecule has 2 aliphatic rings. The molecule has 140 valence electrons. The summed E-state index contributed by atoms with van der Waals surface area (Å²) in [5.74, 6) is -0.632. The number of hydrogen-bond donors (Lipinski definition) is 1. The lowest BCUT2D eigenvalue weighted by Gasteiger charge is -2.37. The first-order chi connectivity index (χ1) is 13.1. The Bertz CT molecular complexity index is 797. The summed E-state index contributed by atoms with van der Waals surface area (Å²) in [4.78, 5) is 30.5. The summed E-state index contributed by atoms with van der Waals surface area (Å²) < 4.78 is 0. The van der Waals surface area contributed by atoms with Gasteiger partial charge in [0.25, 0.3) is 11.8 Å². The van der Waals surface area contributed by atoms with Gasteiger partial charge in [-0.1, -0.05) is 30.3 Å². The standard InChI is InChI=1S/C21H23N3O3/c25-17(15-24-20(26)18-8-4-5-9-19(18)21(24)27)14-22-10-12-23(13-11-22)16-6-2-1-3-7-16/h1-9,17,25H,10-15H2. The Morgan fingerprint density at radius 2 is 1.33 bits per heavy atom. The van der Waals surface area contributed by atoms with Crippen molar-refractivity contribution in [1.82, 2.24) is 9.80 Å². The number of imide groups is 1. The van der Waals surface area contributed by atoms with Gasteiger partial charge in [-0.15, -0.1) is 0 Å². The van der Waals surface area contributed by atoms with Crippen LogP contribution in [-0.4, -0.2) is 72.1 Å². The fourth-order valence-electron chi connectivity index (χ4n) is 3.80. The molecule has 2 heterocycles. The van der Waals surface area contributed by atoms with Gasteiger partial charge < -0.3 is 10.0 Å². The number of aliphatic hydroxyl groups is 1. The average molecular weight is 365 g/mol. The Morgan fingerprint density at radius 3 is 1.93 bits per heavy atom. The largest absolute Gasteiger partial charge is 0.390 e. The molecule has 1 unspecified atom stereocenters. The van der Waals surface area contributed by atoms with E-state index in [0.717, 1.165) is 31.1 Å². The Balaban J connectivity index is 1.30. The molecule has 1 N–H and O–H groups in total. The number of benzene rings is 2. The molecule has 27 heavy (non-hydrogen) atoms. The van der Waals surface area contributed by atoms with Crippen LogP contribution in [0.1, 0.15) is 20.7 Å². The fraction of sp³-hybridized carbons (Fsp3) is 0.333. The van der Waals surface area contributed by atoms with E-state index < -0.39 is 6.10 Å². The molecule has 0 aliphatic carbocycles. The summed E-state index contributed by atoms with van der Waals surface area (Å²) in [6, 6.07) is 17.1. The summed E-state index contributed by atoms with van der Waals surface area (Å²) in [5.41, 5.74) is 2.06. The van der Waals surface area contributed by atoms with Gasteiger partial charge in [0, 0.05) is 38.4 Å². The van der Waals surface area contributed by atoms with Crippen LogP contribution in [-0.2, 0) is 0 Å². The number of para-hydroxylation sites is 1. The minimum Gasteiger partial charge on any atom is -0.390 e. The summed E-state index contributed by atoms with van der Waals surface area (Å²) in [6.45, 7) is 3.96. The molecule has 6 heteroatoms. The molecule has 2 amide bonds. The van der Waals surface area contributed by atoms with Crippen LogP contribution in [0.25, 0.3) is 0 Å². The van der Waals surface area contributed by atoms with Gasteiger partial charge in [0.1, 0.15) is 0 Å². The third kappa shape index (κ3) is 3.59. The molecule has 1 fully saturated rings. The highest BCUT2D eigenvalue weighted by atomic mass is 16.3. The molecule has 0 saturated carbocycles. The third-order valence-electron chi connectivity index (χ3n) is 5.23. The van der Waals surface area contributed by atoms with Crippen molar-refractivity contribution in [1.29, 1.82) is 0 Å². The highest BCUT2D eigenvalue weighted by molar-refractivity contribution is 6.21. The molecule has 2 aromatic carbocycles. The maximum atomic E-state index is 12.4. The quantitative estimate of drug-likeness (QED) is 0.813. The lowest BCUT2D eigenvalue weighted by atomic mass is 10.1. The van der Waals surface area contributed by atoms with E-state index in [1.807, 2.05) is 18.2 Å². The molecular formula is C21H23N3O3. The fourth-order valence-corrected chi connectivity index (χ4v) is 3.80. The lowest BCUT2D eigenvalue weighted by molar-refractivity contribution is 0.0469. The second kappa shape index (κ2) is 7.50. The molecule has 0 bridgehead atoms. The van der Waals surface area contributed by atoms with Gasteiger partial charge in [-0.25, -0.2) is 0 Å². The van der Waals surface area contributed by atoms with Gasteiger partial charge in [0.05, 0.1) is 23.8 Å². The second-order valence-corrected chi connectivity index (χ2v) is 7.04. The van der Waals surface area contributed by atoms with Gasteiger partial charge in [-0.05, 0) is 24.3 Å². The van der Waals surface area contributed by atoms with Gasteiger partial charge in [-0.3, -0.25) is 19.4 Å². The highest BCUT2D eigenvalue weighted by Crippen LogP contribution is 2.22. The number of β-amino-alcohol motifs (C(OH)–C–C–N with tert-alkyl or cyclic N) is 1. The molecule has 2 aromatic rings. The molecule has 0 aromatic heterocycles. The minimum atomic E-state index is -0.754. The van der Waals surface area contributed by atoms with Crippen molar-refractivity contribution in [2.45, 2.75) is 6.10 Å². The Hall–Kier alpha value is -2.70. The Kier molecular flexibility index (Phi) is 4.92. The van der Waals surface area contributed by atoms with Gasteiger partial charge in [0.2, 0.25) is 0 Å². The first-order valence-electron chi connectivity index (χ1n) is 9.29. The van der Waals surface area contributed by atoms with Crippen molar-refractivity contribution in [3.63, 3.8) is 0 Å². The van der Waals surface area contributed by atoms with Crippen molar-refractivity contribution in [3.05, 3.63) is 65.7 Å². The summed E-state index contributed by atoms with van der Waals surface area (Å²) in [6.07, 6.45) is -0.754. The summed E-state index contributed by atoms with van der Waals surface area (Å²) >= 11 is 0. The minimum absolute atomic E-state index is 0.0330. The van der Waals surface area contributed by atoms with Crippen molar-refractivity contribution in [2.75, 3.05) is 44.2 Å². The van der Waals surface area contributed by atoms with Crippen molar-refractivity contribution in [3.8, 4) is 0 Å². The number of aliphatic hydroxyl groups excluding tert-OH is 1. The van der Waals surface area contributed by atoms with Crippen LogP contribution < -0.4 is 4.90 Å². The normalized spacial score (nSPS) is 18.7. The first kappa shape index (κ1) is 17.7. The van der Waals surface area contributed by atoms with Crippen LogP contribution in [0.3, 0.4) is 0 Å². The smallest absolute Gasteiger partial charge is 0.261 e. The number of hydrogen-bond acceptors (Lipinski definition) is 5. The van der Waals surface area contributed by atoms with Crippen molar-refractivity contribution < 1.29 is 14.7 Å². The number of rotatable bonds is 5. The maximum absolute atomic E-state index is 12.4. The average Bonchev–Trinajstić information content (AvgIpc) is 2.94. The van der Waals surface area contributed by atoms with Crippen LogP contribution >= 0.6 is 0 Å². The second-order valence-electron chi connectivity index (χ2n) is 7.04. The van der Waals surface area contributed by atoms with Gasteiger partial charge >= 0.3 is 0 Å². The van der Waals surface area contributed by atoms with E-state index in [4.69, 9.17) is 0 Å². The maximum Gasteiger partial charge on any atom is 0.261 e. The van der Waals surface area contributed by atoms with E-state index in [2.05, 4.69) is 21.9 Å². The lowest BCUT2D eigenvalue weighted by Crippen LogP contribution is -2.50. The number of fused-ring (bicyclic) bond motifs is 1. The van der Waals surface area contributed by atoms with E-state index in [1.165, 1.54) is 5.69 Å². The number of carbonyl (C=O) groups is 2. The van der Waals surface area contributed by atoms with E-state index in [0.29, 0.717) is 17.7 Å². The predicted octanol–water partition coefficient (Wildman–Crippen LogP) is 1.47. The molecule has 0 spiro atoms. The number of nitrogens with zero attached hydrogens (tertiary/aromatic N) is 3. The van der Waals surface area contributed by atoms with Crippen LogP contribution in [0.15, 0.2) is 54.6 Å². The number of anilines is 1. The number of carbonyl (C=O) groups excluding carboxylic acids is 2. The van der Waals surface area contributed by atoms with Gasteiger partial charge in [-0.2, -0.15) is 0 Å². The monoisotopic (exact) mass is 365 g/mol. The van der Waals surface area contributed by atoms with E-state index in [-0.39, 0.29) is 18.4 Å². The highest BCUT2D eigenvalue weighted by Gasteiger charge is 2.36. The van der Waals surface area contributed by atoms with Crippen LogP contribution in [0.2, 0.25) is 0 Å². The number of amides is 2. The zero-order valence-corrected chi connectivity index (χ0v) is 15.1. The molecule has 1 saturated heterocycles. The molecule has 1 atom stereocenters. The van der Waals surface area contributed by atoms with Crippen molar-refractivity contribution >= 4 is 17.5 Å². The van der Waals surface area contributed by atoms with E-state index >= 15 is 0 Å². The molecule has 2 aliphatic heterocycles. The van der Waals surface area contributed by atoms with Crippen LogP contribution in [0.5, 0.6) is 0 Å². The molecule has 6 nitrogen and oxygen atoms in total. The van der Waals surface area contributed by atoms with E-state index in [1.54, 1.807) is 24.3 Å². The van der Waals surface area contributed by atoms with Crippen LogP contribution in [0.4, 0.5) is 5.69 Å².